The number of hydrogen-bond donors (Lipinski definition) is 1. The average molecular weight is 239 g/mol. The summed E-state index contributed by atoms with van der Waals surface area (Å²) in [5.74, 6) is 0. The normalized spacial score (nSPS) is 12.5. The van der Waals surface area contributed by atoms with E-state index in [1.54, 1.807) is 0 Å². The first-order valence-corrected chi connectivity index (χ1v) is 6.68. The Morgan fingerprint density at radius 2 is 1.94 bits per heavy atom. The van der Waals surface area contributed by atoms with Gasteiger partial charge in [0.2, 0.25) is 0 Å². The molecule has 0 bridgehead atoms. The molecule has 0 aliphatic heterocycles. The van der Waals surface area contributed by atoms with E-state index in [4.69, 9.17) is 0 Å². The van der Waals surface area contributed by atoms with Crippen LogP contribution in [0.4, 0.5) is 0 Å². The average Bonchev–Trinajstić information content (AvgIpc) is 2.43. The summed E-state index contributed by atoms with van der Waals surface area (Å²) >= 11 is 0. The second-order valence-electron chi connectivity index (χ2n) is 4.58. The predicted octanol–water partition coefficient (Wildman–Crippen LogP) is 4.46. The standard InChI is InChI=1S/C17H21N/c1-3-5-10-17(18-4-2)16-12-11-14-8-6-7-9-15(14)13-16/h3,6-9,11-13,17-18H,1,4-5,10H2,2H3. The molecule has 18 heavy (non-hydrogen) atoms. The van der Waals surface area contributed by atoms with Gasteiger partial charge in [-0.15, -0.1) is 6.58 Å². The largest absolute Gasteiger partial charge is 0.310 e. The minimum absolute atomic E-state index is 0.428. The fourth-order valence-electron chi connectivity index (χ4n) is 2.34. The van der Waals surface area contributed by atoms with Crippen LogP contribution in [0.5, 0.6) is 0 Å². The molecule has 0 aromatic heterocycles. The van der Waals surface area contributed by atoms with Crippen molar-refractivity contribution in [1.82, 2.24) is 5.32 Å². The summed E-state index contributed by atoms with van der Waals surface area (Å²) in [5, 5.41) is 6.17. The van der Waals surface area contributed by atoms with Gasteiger partial charge < -0.3 is 5.32 Å². The minimum atomic E-state index is 0.428. The Balaban J connectivity index is 2.28. The highest BCUT2D eigenvalue weighted by Crippen LogP contribution is 2.23. The molecule has 2 aromatic rings. The molecule has 1 atom stereocenters. The van der Waals surface area contributed by atoms with E-state index in [0.29, 0.717) is 6.04 Å². The summed E-state index contributed by atoms with van der Waals surface area (Å²) in [6, 6.07) is 15.7. The second kappa shape index (κ2) is 6.36. The first kappa shape index (κ1) is 12.8. The molecule has 0 fully saturated rings. The van der Waals surface area contributed by atoms with Crippen molar-refractivity contribution in [1.29, 1.82) is 0 Å². The predicted molar refractivity (Wildman–Crippen MR) is 79.8 cm³/mol. The van der Waals surface area contributed by atoms with Crippen molar-refractivity contribution >= 4 is 10.8 Å². The molecule has 0 amide bonds. The molecule has 2 rings (SSSR count). The summed E-state index contributed by atoms with van der Waals surface area (Å²) in [4.78, 5) is 0. The zero-order chi connectivity index (χ0) is 12.8. The molecule has 1 unspecified atom stereocenters. The van der Waals surface area contributed by atoms with E-state index in [0.717, 1.165) is 19.4 Å². The lowest BCUT2D eigenvalue weighted by Crippen LogP contribution is -2.20. The van der Waals surface area contributed by atoms with Gasteiger partial charge in [0, 0.05) is 6.04 Å². The Bertz CT molecular complexity index is 516. The highest BCUT2D eigenvalue weighted by molar-refractivity contribution is 5.83. The van der Waals surface area contributed by atoms with Crippen molar-refractivity contribution in [3.8, 4) is 0 Å². The van der Waals surface area contributed by atoms with Crippen molar-refractivity contribution in [2.24, 2.45) is 0 Å². The molecule has 94 valence electrons. The van der Waals surface area contributed by atoms with Gasteiger partial charge in [-0.05, 0) is 41.8 Å². The van der Waals surface area contributed by atoms with Crippen LogP contribution in [0.15, 0.2) is 55.1 Å². The summed E-state index contributed by atoms with van der Waals surface area (Å²) in [6.45, 7) is 6.96. The van der Waals surface area contributed by atoms with Gasteiger partial charge in [-0.1, -0.05) is 49.4 Å². The van der Waals surface area contributed by atoms with Crippen LogP contribution < -0.4 is 5.32 Å². The molecular weight excluding hydrogens is 218 g/mol. The Kier molecular flexibility index (Phi) is 4.54. The summed E-state index contributed by atoms with van der Waals surface area (Å²) in [5.41, 5.74) is 1.37. The summed E-state index contributed by atoms with van der Waals surface area (Å²) in [6.07, 6.45) is 4.14. The molecule has 1 heteroatoms. The zero-order valence-electron chi connectivity index (χ0n) is 11.0. The molecule has 0 aliphatic carbocycles. The quantitative estimate of drug-likeness (QED) is 0.734. The van der Waals surface area contributed by atoms with Crippen LogP contribution in [0.1, 0.15) is 31.4 Å². The maximum absolute atomic E-state index is 3.81. The van der Waals surface area contributed by atoms with E-state index in [-0.39, 0.29) is 0 Å². The van der Waals surface area contributed by atoms with Gasteiger partial charge in [0.15, 0.2) is 0 Å². The molecule has 0 spiro atoms. The first-order valence-electron chi connectivity index (χ1n) is 6.68. The second-order valence-corrected chi connectivity index (χ2v) is 4.58. The fourth-order valence-corrected chi connectivity index (χ4v) is 2.34. The molecule has 0 radical (unpaired) electrons. The van der Waals surface area contributed by atoms with E-state index >= 15 is 0 Å². The van der Waals surface area contributed by atoms with Gasteiger partial charge in [-0.3, -0.25) is 0 Å². The molecular formula is C17H21N. The molecule has 0 saturated carbocycles. The Hall–Kier alpha value is -1.60. The van der Waals surface area contributed by atoms with Crippen LogP contribution in [-0.4, -0.2) is 6.54 Å². The van der Waals surface area contributed by atoms with Crippen molar-refractivity contribution < 1.29 is 0 Å². The Labute approximate surface area is 110 Å². The van der Waals surface area contributed by atoms with Crippen LogP contribution >= 0.6 is 0 Å². The van der Waals surface area contributed by atoms with Gasteiger partial charge in [0.25, 0.3) is 0 Å². The van der Waals surface area contributed by atoms with Crippen LogP contribution in [0.25, 0.3) is 10.8 Å². The van der Waals surface area contributed by atoms with Crippen LogP contribution in [0.2, 0.25) is 0 Å². The lowest BCUT2D eigenvalue weighted by Gasteiger charge is -2.18. The van der Waals surface area contributed by atoms with E-state index in [1.165, 1.54) is 16.3 Å². The van der Waals surface area contributed by atoms with E-state index in [1.807, 2.05) is 6.08 Å². The van der Waals surface area contributed by atoms with Gasteiger partial charge in [0.1, 0.15) is 0 Å². The van der Waals surface area contributed by atoms with Gasteiger partial charge in [0.05, 0.1) is 0 Å². The number of benzene rings is 2. The molecule has 1 N–H and O–H groups in total. The monoisotopic (exact) mass is 239 g/mol. The summed E-state index contributed by atoms with van der Waals surface area (Å²) < 4.78 is 0. The Morgan fingerprint density at radius 1 is 1.17 bits per heavy atom. The third kappa shape index (κ3) is 2.99. The SMILES string of the molecule is C=CCCC(NCC)c1ccc2ccccc2c1. The van der Waals surface area contributed by atoms with E-state index in [2.05, 4.69) is 61.3 Å². The van der Waals surface area contributed by atoms with E-state index < -0.39 is 0 Å². The van der Waals surface area contributed by atoms with E-state index in [9.17, 15) is 0 Å². The highest BCUT2D eigenvalue weighted by atomic mass is 14.9. The van der Waals surface area contributed by atoms with Gasteiger partial charge in [-0.25, -0.2) is 0 Å². The maximum Gasteiger partial charge on any atom is 0.0323 e. The third-order valence-electron chi connectivity index (χ3n) is 3.29. The lowest BCUT2D eigenvalue weighted by molar-refractivity contribution is 0.520. The van der Waals surface area contributed by atoms with Crippen molar-refractivity contribution in [2.75, 3.05) is 6.54 Å². The van der Waals surface area contributed by atoms with Crippen molar-refractivity contribution in [3.63, 3.8) is 0 Å². The van der Waals surface area contributed by atoms with Crippen LogP contribution in [0, 0.1) is 0 Å². The number of allylic oxidation sites excluding steroid dienone is 1. The number of hydrogen-bond acceptors (Lipinski definition) is 1. The molecule has 2 aromatic carbocycles. The fraction of sp³-hybridized carbons (Fsp3) is 0.294. The summed E-state index contributed by atoms with van der Waals surface area (Å²) in [7, 11) is 0. The smallest absolute Gasteiger partial charge is 0.0323 e. The molecule has 0 aliphatic rings. The van der Waals surface area contributed by atoms with Crippen molar-refractivity contribution in [2.45, 2.75) is 25.8 Å². The maximum atomic E-state index is 3.81. The number of nitrogens with one attached hydrogen (secondary N) is 1. The van der Waals surface area contributed by atoms with Gasteiger partial charge >= 0.3 is 0 Å². The van der Waals surface area contributed by atoms with Crippen molar-refractivity contribution in [3.05, 3.63) is 60.7 Å². The van der Waals surface area contributed by atoms with Gasteiger partial charge in [-0.2, -0.15) is 0 Å². The first-order chi connectivity index (χ1) is 8.85. The Morgan fingerprint density at radius 3 is 2.67 bits per heavy atom. The topological polar surface area (TPSA) is 12.0 Å². The molecule has 0 heterocycles. The highest BCUT2D eigenvalue weighted by Gasteiger charge is 2.09. The molecule has 0 saturated heterocycles. The van der Waals surface area contributed by atoms with Crippen LogP contribution in [-0.2, 0) is 0 Å². The van der Waals surface area contributed by atoms with Crippen LogP contribution in [0.3, 0.4) is 0 Å². The molecule has 1 nitrogen and oxygen atoms in total. The third-order valence-corrected chi connectivity index (χ3v) is 3.29. The zero-order valence-corrected chi connectivity index (χ0v) is 11.0. The number of rotatable bonds is 6. The number of fused-ring (bicyclic) bond motifs is 1. The minimum Gasteiger partial charge on any atom is -0.310 e. The lowest BCUT2D eigenvalue weighted by atomic mass is 9.98.